The van der Waals surface area contributed by atoms with Gasteiger partial charge in [0.15, 0.2) is 25.2 Å². The Kier molecular flexibility index (Phi) is 13.8. The standard InChI is InChI=1S/C26H45NO21/c1-6(31)27-11-16(36)12(32)7(2-28)44-24(11)48-22-18(38)14(34)9(4-30)46-26(22)47-21-15(35)10(43-23(41)20(21)40)5-42-25-19(39)17(37)13(33)8(3-29)45-25/h7-26,28-30,32-41H,2-5H2,1H3,(H,27,31)/t7-,8-,9-,10-,11-,12-,13-,14-,15-,16-,17+,18+,19+,20+,21+,22+,23-,24+,25+,26-/m1/s1. The van der Waals surface area contributed by atoms with E-state index >= 15 is 0 Å². The Morgan fingerprint density at radius 3 is 1.60 bits per heavy atom. The van der Waals surface area contributed by atoms with E-state index in [4.69, 9.17) is 33.2 Å². The van der Waals surface area contributed by atoms with Crippen LogP contribution < -0.4 is 5.32 Å². The number of rotatable bonds is 11. The molecule has 0 radical (unpaired) electrons. The van der Waals surface area contributed by atoms with E-state index in [1.807, 2.05) is 0 Å². The summed E-state index contributed by atoms with van der Waals surface area (Å²) in [4.78, 5) is 11.9. The van der Waals surface area contributed by atoms with Gasteiger partial charge in [0.1, 0.15) is 97.6 Å². The van der Waals surface area contributed by atoms with Gasteiger partial charge in [-0.05, 0) is 0 Å². The van der Waals surface area contributed by atoms with Crippen LogP contribution in [0.3, 0.4) is 0 Å². The second-order valence-electron chi connectivity index (χ2n) is 11.9. The molecule has 22 heteroatoms. The van der Waals surface area contributed by atoms with Crippen LogP contribution in [0.5, 0.6) is 0 Å². The molecule has 0 spiro atoms. The van der Waals surface area contributed by atoms with Gasteiger partial charge < -0.3 is 105 Å². The van der Waals surface area contributed by atoms with Gasteiger partial charge in [-0.2, -0.15) is 0 Å². The molecule has 0 aromatic heterocycles. The van der Waals surface area contributed by atoms with Crippen LogP contribution >= 0.6 is 0 Å². The van der Waals surface area contributed by atoms with E-state index in [1.165, 1.54) is 0 Å². The molecule has 4 fully saturated rings. The Bertz CT molecular complexity index is 1030. The molecule has 48 heavy (non-hydrogen) atoms. The highest BCUT2D eigenvalue weighted by Gasteiger charge is 2.54. The third-order valence-electron chi connectivity index (χ3n) is 8.59. The molecule has 4 saturated heterocycles. The van der Waals surface area contributed by atoms with Crippen molar-refractivity contribution in [2.45, 2.75) is 130 Å². The molecule has 0 saturated carbocycles. The lowest BCUT2D eigenvalue weighted by Crippen LogP contribution is -2.68. The summed E-state index contributed by atoms with van der Waals surface area (Å²) in [5.41, 5.74) is 0. The van der Waals surface area contributed by atoms with Crippen LogP contribution in [-0.4, -0.2) is 221 Å². The zero-order chi connectivity index (χ0) is 35.6. The van der Waals surface area contributed by atoms with Crippen molar-refractivity contribution >= 4 is 5.91 Å². The minimum Gasteiger partial charge on any atom is -0.394 e. The van der Waals surface area contributed by atoms with Crippen LogP contribution in [0, 0.1) is 0 Å². The molecular weight excluding hydrogens is 662 g/mol. The number of carbonyl (C=O) groups is 1. The van der Waals surface area contributed by atoms with Crippen LogP contribution in [0.4, 0.5) is 0 Å². The second kappa shape index (κ2) is 16.8. The summed E-state index contributed by atoms with van der Waals surface area (Å²) in [5.74, 6) is -0.709. The average molecular weight is 708 g/mol. The zero-order valence-corrected chi connectivity index (χ0v) is 25.5. The van der Waals surface area contributed by atoms with Crippen LogP contribution in [-0.2, 0) is 38.0 Å². The highest BCUT2D eigenvalue weighted by molar-refractivity contribution is 5.73. The van der Waals surface area contributed by atoms with Crippen molar-refractivity contribution in [1.82, 2.24) is 5.32 Å². The predicted octanol–water partition coefficient (Wildman–Crippen LogP) is -9.61. The van der Waals surface area contributed by atoms with Crippen LogP contribution in [0.25, 0.3) is 0 Å². The Morgan fingerprint density at radius 2 is 1.04 bits per heavy atom. The zero-order valence-electron chi connectivity index (χ0n) is 25.5. The Labute approximate surface area is 272 Å². The van der Waals surface area contributed by atoms with Gasteiger partial charge in [0.25, 0.3) is 0 Å². The maximum absolute atomic E-state index is 11.9. The van der Waals surface area contributed by atoms with Crippen LogP contribution in [0.15, 0.2) is 0 Å². The fourth-order valence-corrected chi connectivity index (χ4v) is 5.82. The maximum atomic E-state index is 11.9. The summed E-state index contributed by atoms with van der Waals surface area (Å²) in [7, 11) is 0. The molecule has 0 aromatic rings. The lowest BCUT2D eigenvalue weighted by atomic mass is 9.95. The number of nitrogens with one attached hydrogen (secondary N) is 1. The fourth-order valence-electron chi connectivity index (χ4n) is 5.82. The normalized spacial score (nSPS) is 50.2. The first-order valence-electron chi connectivity index (χ1n) is 15.1. The van der Waals surface area contributed by atoms with E-state index in [1.54, 1.807) is 0 Å². The van der Waals surface area contributed by atoms with Crippen molar-refractivity contribution < 1.29 is 104 Å². The number of carbonyl (C=O) groups excluding carboxylic acids is 1. The van der Waals surface area contributed by atoms with Gasteiger partial charge in [-0.15, -0.1) is 0 Å². The molecule has 4 aliphatic heterocycles. The van der Waals surface area contributed by atoms with Crippen molar-refractivity contribution in [2.24, 2.45) is 0 Å². The van der Waals surface area contributed by atoms with Gasteiger partial charge in [-0.25, -0.2) is 0 Å². The summed E-state index contributed by atoms with van der Waals surface area (Å²) in [6.07, 6.45) is -33.6. The molecule has 1 amide bonds. The first-order chi connectivity index (χ1) is 22.6. The number of aliphatic hydroxyl groups is 13. The first-order valence-corrected chi connectivity index (χ1v) is 15.1. The SMILES string of the molecule is CC(=O)N[C@H]1[C@H](O[C@@H]2[C@@H](O[C@@H]3[C@H](O)[C@H](O)O[C@H](CO[C@H]4O[C@H](CO)[C@@H](O)[C@H](O)[C@@H]4O)[C@H]3O)O[C@H](CO)[C@@H](O)[C@@H]2O)O[C@H](CO)[C@@H](O)[C@@H]1O. The minimum atomic E-state index is -2.07. The van der Waals surface area contributed by atoms with Crippen molar-refractivity contribution in [3.05, 3.63) is 0 Å². The van der Waals surface area contributed by atoms with Gasteiger partial charge in [-0.3, -0.25) is 4.79 Å². The largest absolute Gasteiger partial charge is 0.394 e. The number of ether oxygens (including phenoxy) is 7. The number of hydrogen-bond acceptors (Lipinski definition) is 21. The van der Waals surface area contributed by atoms with E-state index in [9.17, 15) is 71.2 Å². The van der Waals surface area contributed by atoms with Gasteiger partial charge in [0.2, 0.25) is 5.91 Å². The molecule has 0 bridgehead atoms. The second-order valence-corrected chi connectivity index (χ2v) is 11.9. The average Bonchev–Trinajstić information content (AvgIpc) is 3.06. The molecule has 14 N–H and O–H groups in total. The highest BCUT2D eigenvalue weighted by Crippen LogP contribution is 2.33. The Morgan fingerprint density at radius 1 is 0.542 bits per heavy atom. The van der Waals surface area contributed by atoms with Crippen molar-refractivity contribution in [3.8, 4) is 0 Å². The summed E-state index contributed by atoms with van der Waals surface area (Å²) >= 11 is 0. The van der Waals surface area contributed by atoms with Crippen LogP contribution in [0.2, 0.25) is 0 Å². The number of amides is 1. The highest BCUT2D eigenvalue weighted by atomic mass is 16.8. The van der Waals surface area contributed by atoms with Crippen LogP contribution in [0.1, 0.15) is 6.92 Å². The summed E-state index contributed by atoms with van der Waals surface area (Å²) in [5, 5.41) is 136. The van der Waals surface area contributed by atoms with Gasteiger partial charge in [0.05, 0.1) is 26.4 Å². The van der Waals surface area contributed by atoms with E-state index in [-0.39, 0.29) is 0 Å². The van der Waals surface area contributed by atoms with E-state index in [0.717, 1.165) is 6.92 Å². The van der Waals surface area contributed by atoms with Gasteiger partial charge in [0, 0.05) is 6.92 Å². The molecule has 0 aliphatic carbocycles. The minimum absolute atomic E-state index is 0.709. The topological polar surface area (TPSA) is 357 Å². The van der Waals surface area contributed by atoms with E-state index in [0.29, 0.717) is 0 Å². The quantitative estimate of drug-likeness (QED) is 0.0947. The predicted molar refractivity (Wildman–Crippen MR) is 145 cm³/mol. The number of aliphatic hydroxyl groups excluding tert-OH is 13. The Hall–Kier alpha value is -1.33. The van der Waals surface area contributed by atoms with Gasteiger partial charge in [-0.1, -0.05) is 0 Å². The molecule has 22 nitrogen and oxygen atoms in total. The lowest BCUT2D eigenvalue weighted by Gasteiger charge is -2.49. The maximum Gasteiger partial charge on any atom is 0.217 e. The smallest absolute Gasteiger partial charge is 0.217 e. The fraction of sp³-hybridized carbons (Fsp3) is 0.962. The summed E-state index contributed by atoms with van der Waals surface area (Å²) in [6, 6.07) is -1.52. The molecule has 0 unspecified atom stereocenters. The summed E-state index contributed by atoms with van der Waals surface area (Å²) in [6.45, 7) is -2.10. The lowest BCUT2D eigenvalue weighted by molar-refractivity contribution is -0.383. The van der Waals surface area contributed by atoms with Gasteiger partial charge >= 0.3 is 0 Å². The molecule has 4 aliphatic rings. The summed E-state index contributed by atoms with van der Waals surface area (Å²) < 4.78 is 38.4. The van der Waals surface area contributed by atoms with E-state index < -0.39 is 155 Å². The molecule has 4 rings (SSSR count). The third-order valence-corrected chi connectivity index (χ3v) is 8.59. The van der Waals surface area contributed by atoms with Crippen molar-refractivity contribution in [2.75, 3.05) is 26.4 Å². The molecule has 280 valence electrons. The molecule has 0 aromatic carbocycles. The molecule has 4 heterocycles. The molecule has 20 atom stereocenters. The molecular formula is C26H45NO21. The van der Waals surface area contributed by atoms with Crippen molar-refractivity contribution in [3.63, 3.8) is 0 Å². The first kappa shape index (κ1) is 39.5. The van der Waals surface area contributed by atoms with Crippen molar-refractivity contribution in [1.29, 1.82) is 0 Å². The van der Waals surface area contributed by atoms with E-state index in [2.05, 4.69) is 5.32 Å². The number of hydrogen-bond donors (Lipinski definition) is 14. The monoisotopic (exact) mass is 707 g/mol. The Balaban J connectivity index is 1.54. The third kappa shape index (κ3) is 8.24.